The fraction of sp³-hybridized carbons (Fsp3) is 0.200. The second-order valence-corrected chi connectivity index (χ2v) is 5.04. The zero-order valence-corrected chi connectivity index (χ0v) is 12.3. The lowest BCUT2D eigenvalue weighted by molar-refractivity contribution is 0.242. The molecule has 0 aromatic heterocycles. The molecule has 0 aliphatic heterocycles. The lowest BCUT2D eigenvalue weighted by Gasteiger charge is -2.14. The first-order chi connectivity index (χ1) is 9.58. The van der Waals surface area contributed by atoms with E-state index in [1.807, 2.05) is 50.2 Å². The van der Waals surface area contributed by atoms with Gasteiger partial charge in [0.1, 0.15) is 5.75 Å². The van der Waals surface area contributed by atoms with Gasteiger partial charge in [-0.15, -0.1) is 0 Å². The molecule has 20 heavy (non-hydrogen) atoms. The number of fused-ring (bicyclic) bond motifs is 1. The van der Waals surface area contributed by atoms with Crippen molar-refractivity contribution in [3.63, 3.8) is 0 Å². The van der Waals surface area contributed by atoms with Crippen LogP contribution in [0.2, 0.25) is 0 Å². The van der Waals surface area contributed by atoms with Gasteiger partial charge >= 0.3 is 0 Å². The maximum Gasteiger partial charge on any atom is 0.184 e. The SMILES string of the molecule is CC(C)Oc1ccc2ccccc2c1C=NNC(N)=S. The number of ether oxygens (including phenoxy) is 1. The van der Waals surface area contributed by atoms with E-state index < -0.39 is 0 Å². The minimum absolute atomic E-state index is 0.0897. The molecule has 0 atom stereocenters. The molecule has 0 saturated carbocycles. The van der Waals surface area contributed by atoms with E-state index >= 15 is 0 Å². The molecule has 2 aromatic carbocycles. The largest absolute Gasteiger partial charge is 0.490 e. The first-order valence-corrected chi connectivity index (χ1v) is 6.75. The summed E-state index contributed by atoms with van der Waals surface area (Å²) in [6.07, 6.45) is 1.77. The van der Waals surface area contributed by atoms with Crippen LogP contribution in [0, 0.1) is 0 Å². The molecule has 3 N–H and O–H groups in total. The summed E-state index contributed by atoms with van der Waals surface area (Å²) in [6.45, 7) is 3.98. The third-order valence-electron chi connectivity index (χ3n) is 2.66. The van der Waals surface area contributed by atoms with Crippen LogP contribution in [0.15, 0.2) is 41.5 Å². The van der Waals surface area contributed by atoms with Crippen molar-refractivity contribution in [1.29, 1.82) is 0 Å². The smallest absolute Gasteiger partial charge is 0.184 e. The maximum atomic E-state index is 5.83. The molecule has 5 heteroatoms. The van der Waals surface area contributed by atoms with Gasteiger partial charge in [0.05, 0.1) is 12.3 Å². The molecule has 0 fully saturated rings. The highest BCUT2D eigenvalue weighted by Gasteiger charge is 2.08. The topological polar surface area (TPSA) is 59.6 Å². The minimum Gasteiger partial charge on any atom is -0.490 e. The molecule has 4 nitrogen and oxygen atoms in total. The number of hydrogen-bond acceptors (Lipinski definition) is 3. The number of rotatable bonds is 4. The Balaban J connectivity index is 2.49. The molecule has 0 amide bonds. The summed E-state index contributed by atoms with van der Waals surface area (Å²) >= 11 is 4.73. The summed E-state index contributed by atoms with van der Waals surface area (Å²) in [4.78, 5) is 0. The van der Waals surface area contributed by atoms with E-state index in [1.54, 1.807) is 6.21 Å². The fourth-order valence-corrected chi connectivity index (χ4v) is 1.98. The van der Waals surface area contributed by atoms with E-state index in [1.165, 1.54) is 0 Å². The van der Waals surface area contributed by atoms with E-state index in [2.05, 4.69) is 10.5 Å². The predicted molar refractivity (Wildman–Crippen MR) is 87.2 cm³/mol. The van der Waals surface area contributed by atoms with Crippen LogP contribution >= 0.6 is 12.2 Å². The van der Waals surface area contributed by atoms with E-state index in [0.717, 1.165) is 22.1 Å². The summed E-state index contributed by atoms with van der Waals surface area (Å²) in [6, 6.07) is 12.0. The number of nitrogens with one attached hydrogen (secondary N) is 1. The molecule has 0 aliphatic rings. The molecule has 0 aliphatic carbocycles. The Morgan fingerprint density at radius 3 is 2.75 bits per heavy atom. The summed E-state index contributed by atoms with van der Waals surface area (Å²) in [5.74, 6) is 0.784. The van der Waals surface area contributed by atoms with Crippen LogP contribution in [-0.2, 0) is 0 Å². The van der Waals surface area contributed by atoms with E-state index in [9.17, 15) is 0 Å². The number of nitrogens with two attached hydrogens (primary N) is 1. The van der Waals surface area contributed by atoms with Gasteiger partial charge in [0.2, 0.25) is 0 Å². The number of benzene rings is 2. The Kier molecular flexibility index (Phi) is 4.53. The summed E-state index contributed by atoms with van der Waals surface area (Å²) in [5.41, 5.74) is 8.83. The summed E-state index contributed by atoms with van der Waals surface area (Å²) in [5, 5.41) is 6.36. The van der Waals surface area contributed by atoms with Gasteiger partial charge in [0.15, 0.2) is 5.11 Å². The molecule has 104 valence electrons. The first kappa shape index (κ1) is 14.3. The average molecular weight is 287 g/mol. The van der Waals surface area contributed by atoms with Crippen LogP contribution in [0.5, 0.6) is 5.75 Å². The van der Waals surface area contributed by atoms with Crippen molar-refractivity contribution in [2.45, 2.75) is 20.0 Å². The zero-order chi connectivity index (χ0) is 14.5. The minimum atomic E-state index is 0.0897. The molecular formula is C15H17N3OS. The van der Waals surface area contributed by atoms with Crippen LogP contribution < -0.4 is 15.9 Å². The lowest BCUT2D eigenvalue weighted by Crippen LogP contribution is -2.24. The normalized spacial score (nSPS) is 11.2. The fourth-order valence-electron chi connectivity index (χ4n) is 1.93. The summed E-state index contributed by atoms with van der Waals surface area (Å²) in [7, 11) is 0. The van der Waals surface area contributed by atoms with Gasteiger partial charge in [-0.2, -0.15) is 5.10 Å². The Morgan fingerprint density at radius 1 is 1.30 bits per heavy atom. The molecule has 0 spiro atoms. The Morgan fingerprint density at radius 2 is 2.05 bits per heavy atom. The predicted octanol–water partition coefficient (Wildman–Crippen LogP) is 2.79. The summed E-state index contributed by atoms with van der Waals surface area (Å²) < 4.78 is 5.83. The molecule has 0 unspecified atom stereocenters. The second kappa shape index (κ2) is 6.34. The molecule has 0 saturated heterocycles. The van der Waals surface area contributed by atoms with Crippen molar-refractivity contribution in [3.05, 3.63) is 42.0 Å². The van der Waals surface area contributed by atoms with Gasteiger partial charge in [-0.05, 0) is 42.9 Å². The molecular weight excluding hydrogens is 270 g/mol. The van der Waals surface area contributed by atoms with Gasteiger partial charge in [0, 0.05) is 5.56 Å². The van der Waals surface area contributed by atoms with E-state index in [-0.39, 0.29) is 11.2 Å². The molecule has 2 aromatic rings. The number of thiocarbonyl (C=S) groups is 1. The molecule has 2 rings (SSSR count). The average Bonchev–Trinajstić information content (AvgIpc) is 2.40. The van der Waals surface area contributed by atoms with Gasteiger partial charge in [0.25, 0.3) is 0 Å². The van der Waals surface area contributed by atoms with Gasteiger partial charge in [-0.3, -0.25) is 5.43 Å². The third-order valence-corrected chi connectivity index (χ3v) is 2.75. The zero-order valence-electron chi connectivity index (χ0n) is 11.5. The van der Waals surface area contributed by atoms with Crippen molar-refractivity contribution in [2.24, 2.45) is 10.8 Å². The number of nitrogens with zero attached hydrogens (tertiary/aromatic N) is 1. The highest BCUT2D eigenvalue weighted by atomic mass is 32.1. The maximum absolute atomic E-state index is 5.83. The highest BCUT2D eigenvalue weighted by molar-refractivity contribution is 7.80. The van der Waals surface area contributed by atoms with Crippen LogP contribution in [-0.4, -0.2) is 17.4 Å². The Hall–Kier alpha value is -2.14. The van der Waals surface area contributed by atoms with Crippen LogP contribution in [0.25, 0.3) is 10.8 Å². The van der Waals surface area contributed by atoms with Crippen molar-refractivity contribution in [2.75, 3.05) is 0 Å². The monoisotopic (exact) mass is 287 g/mol. The quantitative estimate of drug-likeness (QED) is 0.516. The second-order valence-electron chi connectivity index (χ2n) is 4.60. The van der Waals surface area contributed by atoms with Gasteiger partial charge in [-0.25, -0.2) is 0 Å². The highest BCUT2D eigenvalue weighted by Crippen LogP contribution is 2.27. The van der Waals surface area contributed by atoms with Gasteiger partial charge in [-0.1, -0.05) is 30.3 Å². The molecule has 0 heterocycles. The molecule has 0 radical (unpaired) electrons. The van der Waals surface area contributed by atoms with E-state index in [0.29, 0.717) is 0 Å². The van der Waals surface area contributed by atoms with Gasteiger partial charge < -0.3 is 10.5 Å². The lowest BCUT2D eigenvalue weighted by atomic mass is 10.0. The first-order valence-electron chi connectivity index (χ1n) is 6.35. The van der Waals surface area contributed by atoms with Crippen molar-refractivity contribution < 1.29 is 4.74 Å². The van der Waals surface area contributed by atoms with Crippen LogP contribution in [0.4, 0.5) is 0 Å². The van der Waals surface area contributed by atoms with Crippen molar-refractivity contribution in [1.82, 2.24) is 5.43 Å². The Labute approximate surface area is 123 Å². The number of hydrazone groups is 1. The Bertz CT molecular complexity index is 653. The molecule has 0 bridgehead atoms. The third kappa shape index (κ3) is 3.45. The standard InChI is InChI=1S/C15H17N3OS/c1-10(2)19-14-8-7-11-5-3-4-6-12(11)13(14)9-17-18-15(16)20/h3-10H,1-2H3,(H3,16,18,20). The van der Waals surface area contributed by atoms with Crippen LogP contribution in [0.1, 0.15) is 19.4 Å². The van der Waals surface area contributed by atoms with Crippen molar-refractivity contribution >= 4 is 34.3 Å². The van der Waals surface area contributed by atoms with Crippen molar-refractivity contribution in [3.8, 4) is 5.75 Å². The van der Waals surface area contributed by atoms with E-state index in [4.69, 9.17) is 22.7 Å². The van der Waals surface area contributed by atoms with Crippen LogP contribution in [0.3, 0.4) is 0 Å². The number of hydrogen-bond donors (Lipinski definition) is 2.